The minimum absolute atomic E-state index is 0.0349. The van der Waals surface area contributed by atoms with Gasteiger partial charge in [-0.1, -0.05) is 158 Å². The van der Waals surface area contributed by atoms with Crippen LogP contribution < -0.4 is 27.4 Å². The molecule has 0 aliphatic heterocycles. The predicted octanol–water partition coefficient (Wildman–Crippen LogP) is 13.9. The Morgan fingerprint density at radius 1 is 0.451 bits per heavy atom. The molecule has 17 nitrogen and oxygen atoms in total. The van der Waals surface area contributed by atoms with E-state index in [9.17, 15) is 19.2 Å². The van der Waals surface area contributed by atoms with E-state index in [2.05, 4.69) is 125 Å². The number of hydrogen-bond donors (Lipinski definition) is 5. The zero-order valence-corrected chi connectivity index (χ0v) is 50.0. The molecule has 0 unspecified atom stereocenters. The van der Waals surface area contributed by atoms with Gasteiger partial charge in [0.15, 0.2) is 17.0 Å². The number of anilines is 2. The third-order valence-corrected chi connectivity index (χ3v) is 15.6. The summed E-state index contributed by atoms with van der Waals surface area (Å²) in [6, 6.07) is 62.4. The molecule has 0 saturated carbocycles. The first-order chi connectivity index (χ1) is 44.4. The maximum absolute atomic E-state index is 12.5. The Kier molecular flexibility index (Phi) is 17.7. The highest BCUT2D eigenvalue weighted by molar-refractivity contribution is 6.10. The lowest BCUT2D eigenvalue weighted by molar-refractivity contribution is 0.103. The molecule has 6 aromatic carbocycles. The normalized spacial score (nSPS) is 13.1. The van der Waals surface area contributed by atoms with Gasteiger partial charge in [-0.3, -0.25) is 19.2 Å². The van der Waals surface area contributed by atoms with Gasteiger partial charge in [0, 0.05) is 75.1 Å². The minimum Gasteiger partial charge on any atom is -0.363 e. The number of carbonyl (C=O) groups excluding carboxylic acids is 2. The highest BCUT2D eigenvalue weighted by atomic mass is 16.1. The number of para-hydroxylation sites is 3. The first-order valence-electron chi connectivity index (χ1n) is 29.7. The highest BCUT2D eigenvalue weighted by Gasteiger charge is 2.24. The summed E-state index contributed by atoms with van der Waals surface area (Å²) in [5.41, 5.74) is 20.3. The summed E-state index contributed by atoms with van der Waals surface area (Å²) in [5, 5.41) is 10.6. The van der Waals surface area contributed by atoms with Gasteiger partial charge in [0.05, 0.1) is 69.0 Å². The molecule has 91 heavy (non-hydrogen) atoms. The summed E-state index contributed by atoms with van der Waals surface area (Å²) in [6.07, 6.45) is 13.6. The van der Waals surface area contributed by atoms with Crippen molar-refractivity contribution in [3.63, 3.8) is 0 Å². The van der Waals surface area contributed by atoms with Crippen LogP contribution in [0.15, 0.2) is 247 Å². The second-order valence-corrected chi connectivity index (χ2v) is 21.8. The standard InChI is InChI=1S/C25H20N4O.C24H19N5O.C17H16N2.C8H6N2O2/c1-16(28-25-23-21(26-15-27-25)12-7-13-22(23)30)19-14-18-10-5-6-11-20(18)29-24(19)17-8-3-2-4-9-17;1-15(28-24-21-20(30)11-12-25-23(21)26-14-27-24)18-13-17-9-5-6-10-19(17)29-22(18)16-7-3-2-4-8-16;1-12(18)15-11-14-9-5-6-10-16(14)19-17(15)13-7-3-2-4-8-13;11-6-3-1-2-5-7(6)8(12)10-4-9-5/h2-11,13-16H,12H2,1H3,(H,26,27,28);2-15H,1H3,(H2,25,26,27,28,30);2-12H,18H2,1H3;1,3-4H,2H2,(H,9,10,12)/t16-;15-;12-;/m000./s1. The lowest BCUT2D eigenvalue weighted by atomic mass is 9.97. The van der Waals surface area contributed by atoms with Gasteiger partial charge in [0.2, 0.25) is 0 Å². The van der Waals surface area contributed by atoms with Crippen LogP contribution in [0.25, 0.3) is 77.5 Å². The van der Waals surface area contributed by atoms with Crippen molar-refractivity contribution in [2.24, 2.45) is 5.73 Å². The fourth-order valence-electron chi connectivity index (χ4n) is 11.1. The number of H-pyrrole nitrogens is 2. The lowest BCUT2D eigenvalue weighted by Gasteiger charge is -2.21. The molecule has 15 rings (SSSR count). The molecule has 0 spiro atoms. The van der Waals surface area contributed by atoms with Crippen LogP contribution in [0, 0.1) is 0 Å². The van der Waals surface area contributed by atoms with Crippen LogP contribution >= 0.6 is 0 Å². The molecule has 0 radical (unpaired) electrons. The van der Waals surface area contributed by atoms with Crippen LogP contribution in [0.4, 0.5) is 11.6 Å². The van der Waals surface area contributed by atoms with Gasteiger partial charge in [-0.25, -0.2) is 39.9 Å². The van der Waals surface area contributed by atoms with Crippen molar-refractivity contribution in [1.29, 1.82) is 0 Å². The van der Waals surface area contributed by atoms with E-state index >= 15 is 0 Å². The number of rotatable bonds is 10. The van der Waals surface area contributed by atoms with E-state index in [0.717, 1.165) is 88.9 Å². The van der Waals surface area contributed by atoms with E-state index < -0.39 is 0 Å². The molecule has 13 aromatic rings. The zero-order valence-electron chi connectivity index (χ0n) is 50.0. The summed E-state index contributed by atoms with van der Waals surface area (Å²) >= 11 is 0. The van der Waals surface area contributed by atoms with E-state index in [1.54, 1.807) is 18.3 Å². The van der Waals surface area contributed by atoms with Crippen LogP contribution in [0.1, 0.15) is 87.7 Å². The van der Waals surface area contributed by atoms with Crippen molar-refractivity contribution < 1.29 is 9.59 Å². The quantitative estimate of drug-likeness (QED) is 0.0853. The third kappa shape index (κ3) is 13.2. The third-order valence-electron chi connectivity index (χ3n) is 15.6. The van der Waals surface area contributed by atoms with E-state index in [-0.39, 0.29) is 46.2 Å². The maximum atomic E-state index is 12.5. The summed E-state index contributed by atoms with van der Waals surface area (Å²) in [5.74, 6) is 0.743. The molecule has 2 aliphatic rings. The maximum Gasteiger partial charge on any atom is 0.262 e. The molecule has 3 atom stereocenters. The molecule has 6 N–H and O–H groups in total. The van der Waals surface area contributed by atoms with Crippen LogP contribution in [0.3, 0.4) is 0 Å². The lowest BCUT2D eigenvalue weighted by Crippen LogP contribution is -2.22. The number of fused-ring (bicyclic) bond motifs is 6. The second kappa shape index (κ2) is 27.1. The Morgan fingerprint density at radius 3 is 1.38 bits per heavy atom. The molecule has 2 aliphatic carbocycles. The topological polar surface area (TPSA) is 253 Å². The first-order valence-corrected chi connectivity index (χ1v) is 29.7. The van der Waals surface area contributed by atoms with Crippen LogP contribution in [0.2, 0.25) is 0 Å². The van der Waals surface area contributed by atoms with E-state index in [4.69, 9.17) is 20.7 Å². The molecule has 0 fully saturated rings. The highest BCUT2D eigenvalue weighted by Crippen LogP contribution is 2.35. The number of aromatic amines is 2. The van der Waals surface area contributed by atoms with Crippen molar-refractivity contribution >= 4 is 66.9 Å². The fourth-order valence-corrected chi connectivity index (χ4v) is 11.1. The molecule has 7 heterocycles. The Morgan fingerprint density at radius 2 is 0.879 bits per heavy atom. The average Bonchev–Trinajstić information content (AvgIpc) is 1.78. The number of pyridine rings is 4. The Hall–Kier alpha value is -11.8. The number of benzene rings is 6. The Bertz CT molecular complexity index is 5010. The number of nitrogens with one attached hydrogen (secondary N) is 4. The SMILES string of the molecule is C[C@H](N)c1cc2ccccc2nc1-c1ccccc1.C[C@H](Nc1ncnc2[nH]ccc(=O)c12)c1cc2ccccc2nc1-c1ccccc1.C[C@H](Nc1ncnc2c1C(=O)C=CC2)c1cc2ccccc2nc1-c1ccccc1.O=C1C=CCc2nc[nH]c(=O)c21. The molecular formula is C74H61N13O4. The van der Waals surface area contributed by atoms with Gasteiger partial charge in [0.25, 0.3) is 5.56 Å². The molecular weight excluding hydrogens is 1130 g/mol. The smallest absolute Gasteiger partial charge is 0.262 e. The number of allylic oxidation sites excluding steroid dienone is 4. The summed E-state index contributed by atoms with van der Waals surface area (Å²) in [6.45, 7) is 6.11. The minimum atomic E-state index is -0.352. The molecule has 17 heteroatoms. The van der Waals surface area contributed by atoms with Gasteiger partial charge in [-0.15, -0.1) is 0 Å². The summed E-state index contributed by atoms with van der Waals surface area (Å²) in [7, 11) is 0. The molecule has 0 saturated heterocycles. The second-order valence-electron chi connectivity index (χ2n) is 21.8. The van der Waals surface area contributed by atoms with E-state index in [1.165, 1.54) is 31.1 Å². The van der Waals surface area contributed by atoms with Crippen molar-refractivity contribution in [2.75, 3.05) is 10.6 Å². The van der Waals surface area contributed by atoms with Gasteiger partial charge in [0.1, 0.15) is 40.9 Å². The predicted molar refractivity (Wildman–Crippen MR) is 360 cm³/mol. The van der Waals surface area contributed by atoms with Crippen LogP contribution in [0.5, 0.6) is 0 Å². The first kappa shape index (κ1) is 59.5. The van der Waals surface area contributed by atoms with Crippen LogP contribution in [-0.2, 0) is 12.8 Å². The number of hydrogen-bond acceptors (Lipinski definition) is 15. The number of nitrogens with two attached hydrogens (primary N) is 1. The number of aromatic nitrogens is 10. The monoisotopic (exact) mass is 1200 g/mol. The van der Waals surface area contributed by atoms with E-state index in [0.29, 0.717) is 46.8 Å². The Labute approximate surface area is 523 Å². The van der Waals surface area contributed by atoms with E-state index in [1.807, 2.05) is 129 Å². The largest absolute Gasteiger partial charge is 0.363 e. The van der Waals surface area contributed by atoms with Gasteiger partial charge in [-0.2, -0.15) is 0 Å². The molecule has 0 amide bonds. The van der Waals surface area contributed by atoms with Gasteiger partial charge in [-0.05, 0) is 74.9 Å². The number of carbonyl (C=O) groups is 2. The van der Waals surface area contributed by atoms with Gasteiger partial charge >= 0.3 is 0 Å². The fraction of sp³-hybridized carbons (Fsp3) is 0.108. The zero-order chi connectivity index (χ0) is 62.8. The van der Waals surface area contributed by atoms with Crippen molar-refractivity contribution in [1.82, 2.24) is 49.8 Å². The molecule has 446 valence electrons. The molecule has 7 aromatic heterocycles. The number of nitrogens with zero attached hydrogens (tertiary/aromatic N) is 8. The van der Waals surface area contributed by atoms with Crippen molar-refractivity contribution in [2.45, 2.75) is 51.7 Å². The Balaban J connectivity index is 0.000000123. The average molecular weight is 1200 g/mol. The summed E-state index contributed by atoms with van der Waals surface area (Å²) < 4.78 is 0. The van der Waals surface area contributed by atoms with Crippen molar-refractivity contribution in [3.05, 3.63) is 297 Å². The molecule has 0 bridgehead atoms. The van der Waals surface area contributed by atoms with Gasteiger partial charge < -0.3 is 26.3 Å². The van der Waals surface area contributed by atoms with Crippen LogP contribution in [-0.4, -0.2) is 61.4 Å². The summed E-state index contributed by atoms with van der Waals surface area (Å²) in [4.78, 5) is 88.3. The number of ketones is 2. The van der Waals surface area contributed by atoms with Crippen molar-refractivity contribution in [3.8, 4) is 33.8 Å².